The van der Waals surface area contributed by atoms with E-state index >= 15 is 0 Å². The van der Waals surface area contributed by atoms with E-state index in [1.54, 1.807) is 12.1 Å². The molecule has 1 aromatic carbocycles. The van der Waals surface area contributed by atoms with Crippen LogP contribution in [0.3, 0.4) is 0 Å². The lowest BCUT2D eigenvalue weighted by molar-refractivity contribution is 0.0938. The monoisotopic (exact) mass is 248 g/mol. The summed E-state index contributed by atoms with van der Waals surface area (Å²) < 4.78 is 0. The van der Waals surface area contributed by atoms with E-state index in [0.717, 1.165) is 26.1 Å². The fourth-order valence-electron chi connectivity index (χ4n) is 2.31. The normalized spacial score (nSPS) is 23.6. The molecular formula is C14H20N2O2. The van der Waals surface area contributed by atoms with Crippen LogP contribution in [0.2, 0.25) is 0 Å². The van der Waals surface area contributed by atoms with Gasteiger partial charge in [0, 0.05) is 12.1 Å². The Balaban J connectivity index is 1.86. The number of phenolic OH excluding ortho intramolecular Hbond substituents is 1. The molecule has 1 aliphatic heterocycles. The summed E-state index contributed by atoms with van der Waals surface area (Å²) in [6, 6.07) is 6.33. The topological polar surface area (TPSA) is 61.4 Å². The molecule has 4 heteroatoms. The van der Waals surface area contributed by atoms with Crippen LogP contribution in [0.1, 0.15) is 23.7 Å². The molecule has 0 saturated carbocycles. The summed E-state index contributed by atoms with van der Waals surface area (Å²) in [6.45, 7) is 5.00. The van der Waals surface area contributed by atoms with Crippen LogP contribution >= 0.6 is 0 Å². The highest BCUT2D eigenvalue weighted by Gasteiger charge is 2.21. The molecule has 0 spiro atoms. The number of amides is 1. The van der Waals surface area contributed by atoms with Gasteiger partial charge in [-0.05, 0) is 55.6 Å². The van der Waals surface area contributed by atoms with E-state index in [4.69, 9.17) is 5.11 Å². The zero-order valence-corrected chi connectivity index (χ0v) is 10.6. The van der Waals surface area contributed by atoms with Crippen molar-refractivity contribution in [3.05, 3.63) is 29.8 Å². The van der Waals surface area contributed by atoms with Gasteiger partial charge in [-0.3, -0.25) is 4.79 Å². The molecule has 2 unspecified atom stereocenters. The third-order valence-corrected chi connectivity index (χ3v) is 3.62. The third-order valence-electron chi connectivity index (χ3n) is 3.62. The summed E-state index contributed by atoms with van der Waals surface area (Å²) in [6.07, 6.45) is 1.11. The molecule has 1 aliphatic rings. The van der Waals surface area contributed by atoms with Crippen LogP contribution in [0.15, 0.2) is 24.3 Å². The van der Waals surface area contributed by atoms with Crippen molar-refractivity contribution >= 4 is 5.91 Å². The molecule has 0 aliphatic carbocycles. The third kappa shape index (κ3) is 3.23. The molecule has 98 valence electrons. The number of hydrogen-bond acceptors (Lipinski definition) is 3. The van der Waals surface area contributed by atoms with E-state index in [1.165, 1.54) is 12.1 Å². The molecule has 0 aromatic heterocycles. The Morgan fingerprint density at radius 1 is 1.44 bits per heavy atom. The number of benzene rings is 1. The summed E-state index contributed by atoms with van der Waals surface area (Å²) in [5.41, 5.74) is 0.592. The first-order valence-corrected chi connectivity index (χ1v) is 6.45. The van der Waals surface area contributed by atoms with E-state index in [-0.39, 0.29) is 11.7 Å². The van der Waals surface area contributed by atoms with Crippen LogP contribution in [-0.4, -0.2) is 30.6 Å². The molecule has 1 fully saturated rings. The first-order chi connectivity index (χ1) is 8.66. The van der Waals surface area contributed by atoms with Crippen molar-refractivity contribution in [1.29, 1.82) is 0 Å². The van der Waals surface area contributed by atoms with Gasteiger partial charge >= 0.3 is 0 Å². The molecule has 1 amide bonds. The van der Waals surface area contributed by atoms with Crippen LogP contribution < -0.4 is 10.6 Å². The summed E-state index contributed by atoms with van der Waals surface area (Å²) in [4.78, 5) is 11.9. The zero-order chi connectivity index (χ0) is 13.0. The van der Waals surface area contributed by atoms with Crippen molar-refractivity contribution in [1.82, 2.24) is 10.6 Å². The van der Waals surface area contributed by atoms with Crippen molar-refractivity contribution in [2.45, 2.75) is 13.3 Å². The summed E-state index contributed by atoms with van der Waals surface area (Å²) in [7, 11) is 0. The second-order valence-corrected chi connectivity index (χ2v) is 4.99. The van der Waals surface area contributed by atoms with Gasteiger partial charge in [-0.15, -0.1) is 0 Å². The largest absolute Gasteiger partial charge is 0.508 e. The second-order valence-electron chi connectivity index (χ2n) is 4.99. The summed E-state index contributed by atoms with van der Waals surface area (Å²) in [5, 5.41) is 15.5. The van der Waals surface area contributed by atoms with Gasteiger partial charge in [0.15, 0.2) is 0 Å². The van der Waals surface area contributed by atoms with Gasteiger partial charge in [0.1, 0.15) is 5.75 Å². The maximum atomic E-state index is 11.9. The molecule has 1 aromatic rings. The standard InChI is InChI=1S/C14H20N2O2/c1-10-8-15-7-6-12(10)9-16-14(18)11-2-4-13(17)5-3-11/h2-5,10,12,15,17H,6-9H2,1H3,(H,16,18). The Labute approximate surface area is 107 Å². The van der Waals surface area contributed by atoms with Crippen LogP contribution in [0.25, 0.3) is 0 Å². The van der Waals surface area contributed by atoms with Crippen molar-refractivity contribution in [3.8, 4) is 5.75 Å². The molecule has 1 saturated heterocycles. The van der Waals surface area contributed by atoms with Crippen molar-refractivity contribution < 1.29 is 9.90 Å². The maximum absolute atomic E-state index is 11.9. The lowest BCUT2D eigenvalue weighted by atomic mass is 9.88. The molecule has 4 nitrogen and oxygen atoms in total. The fourth-order valence-corrected chi connectivity index (χ4v) is 2.31. The molecule has 1 heterocycles. The number of carbonyl (C=O) groups excluding carboxylic acids is 1. The predicted molar refractivity (Wildman–Crippen MR) is 70.6 cm³/mol. The number of aromatic hydroxyl groups is 1. The van der Waals surface area contributed by atoms with Gasteiger partial charge in [0.05, 0.1) is 0 Å². The summed E-state index contributed by atoms with van der Waals surface area (Å²) >= 11 is 0. The number of nitrogens with one attached hydrogen (secondary N) is 2. The average molecular weight is 248 g/mol. The minimum absolute atomic E-state index is 0.0688. The Kier molecular flexibility index (Phi) is 4.20. The zero-order valence-electron chi connectivity index (χ0n) is 10.6. The van der Waals surface area contributed by atoms with E-state index in [2.05, 4.69) is 17.6 Å². The van der Waals surface area contributed by atoms with Gasteiger partial charge in [0.25, 0.3) is 5.91 Å². The van der Waals surface area contributed by atoms with Crippen LogP contribution in [0, 0.1) is 11.8 Å². The van der Waals surface area contributed by atoms with Gasteiger partial charge in [-0.2, -0.15) is 0 Å². The fraction of sp³-hybridized carbons (Fsp3) is 0.500. The Morgan fingerprint density at radius 3 is 2.83 bits per heavy atom. The lowest BCUT2D eigenvalue weighted by Gasteiger charge is -2.29. The van der Waals surface area contributed by atoms with Gasteiger partial charge < -0.3 is 15.7 Å². The molecule has 2 atom stereocenters. The van der Waals surface area contributed by atoms with Crippen LogP contribution in [0.5, 0.6) is 5.75 Å². The Bertz CT molecular complexity index is 403. The molecular weight excluding hydrogens is 228 g/mol. The van der Waals surface area contributed by atoms with Crippen molar-refractivity contribution in [2.75, 3.05) is 19.6 Å². The van der Waals surface area contributed by atoms with E-state index in [9.17, 15) is 4.79 Å². The molecule has 2 rings (SSSR count). The van der Waals surface area contributed by atoms with Crippen molar-refractivity contribution in [3.63, 3.8) is 0 Å². The minimum Gasteiger partial charge on any atom is -0.508 e. The average Bonchev–Trinajstić information content (AvgIpc) is 2.38. The lowest BCUT2D eigenvalue weighted by Crippen LogP contribution is -2.41. The highest BCUT2D eigenvalue weighted by molar-refractivity contribution is 5.94. The number of phenols is 1. The molecule has 0 radical (unpaired) electrons. The molecule has 3 N–H and O–H groups in total. The number of rotatable bonds is 3. The molecule has 0 bridgehead atoms. The Hall–Kier alpha value is -1.55. The van der Waals surface area contributed by atoms with Gasteiger partial charge in [0.2, 0.25) is 0 Å². The number of hydrogen-bond donors (Lipinski definition) is 3. The number of piperidine rings is 1. The van der Waals surface area contributed by atoms with E-state index in [0.29, 0.717) is 17.4 Å². The highest BCUT2D eigenvalue weighted by Crippen LogP contribution is 2.17. The summed E-state index contributed by atoms with van der Waals surface area (Å²) in [5.74, 6) is 1.26. The first kappa shape index (κ1) is 12.9. The smallest absolute Gasteiger partial charge is 0.251 e. The highest BCUT2D eigenvalue weighted by atomic mass is 16.3. The predicted octanol–water partition coefficient (Wildman–Crippen LogP) is 1.37. The van der Waals surface area contributed by atoms with Crippen LogP contribution in [-0.2, 0) is 0 Å². The van der Waals surface area contributed by atoms with E-state index < -0.39 is 0 Å². The van der Waals surface area contributed by atoms with Gasteiger partial charge in [-0.25, -0.2) is 0 Å². The number of carbonyl (C=O) groups is 1. The molecule has 18 heavy (non-hydrogen) atoms. The second kappa shape index (κ2) is 5.87. The van der Waals surface area contributed by atoms with Crippen LogP contribution in [0.4, 0.5) is 0 Å². The van der Waals surface area contributed by atoms with Crippen molar-refractivity contribution in [2.24, 2.45) is 11.8 Å². The minimum atomic E-state index is -0.0688. The quantitative estimate of drug-likeness (QED) is 0.757. The first-order valence-electron chi connectivity index (χ1n) is 6.45. The Morgan fingerprint density at radius 2 is 2.17 bits per heavy atom. The SMILES string of the molecule is CC1CNCCC1CNC(=O)c1ccc(O)cc1. The maximum Gasteiger partial charge on any atom is 0.251 e. The van der Waals surface area contributed by atoms with Gasteiger partial charge in [-0.1, -0.05) is 6.92 Å². The van der Waals surface area contributed by atoms with E-state index in [1.807, 2.05) is 0 Å².